The van der Waals surface area contributed by atoms with Crippen molar-refractivity contribution < 1.29 is 0 Å². The van der Waals surface area contributed by atoms with E-state index in [1.807, 2.05) is 0 Å². The molecule has 0 aliphatic heterocycles. The zero-order chi connectivity index (χ0) is 42.0. The Morgan fingerprint density at radius 3 is 0.614 bits per heavy atom. The quantitative estimate of drug-likeness (QED) is 0.134. The molecule has 0 heterocycles. The molecule has 0 amide bonds. The van der Waals surface area contributed by atoms with Crippen LogP contribution in [0.5, 0.6) is 0 Å². The summed E-state index contributed by atoms with van der Waals surface area (Å²) >= 11 is -1.63. The van der Waals surface area contributed by atoms with Gasteiger partial charge in [0.25, 0.3) is 0 Å². The molecule has 0 saturated carbocycles. The standard InChI is InChI=1S/2C27H33Si.Sn/c2*1-17-10-19(3)26(20(4)11-17)23-14-24(16-25(15-23)28(7,8)9)27-21(5)12-18(2)13-22(27)6;/h2*10-13,15-16H,1-9H3;. The molecular formula is C54H66Si2Sn. The van der Waals surface area contributed by atoms with E-state index in [1.165, 1.54) is 111 Å². The minimum absolute atomic E-state index is 1.34. The molecule has 0 atom stereocenters. The molecule has 2 radical (unpaired) electrons. The molecule has 0 saturated heterocycles. The Hall–Kier alpha value is -3.45. The zero-order valence-electron chi connectivity index (χ0n) is 38.4. The summed E-state index contributed by atoms with van der Waals surface area (Å²) in [5, 5.41) is 3.08. The summed E-state index contributed by atoms with van der Waals surface area (Å²) in [5.74, 6) is 0. The second-order valence-electron chi connectivity index (χ2n) is 19.6. The van der Waals surface area contributed by atoms with Gasteiger partial charge in [0.05, 0.1) is 0 Å². The average Bonchev–Trinajstić information content (AvgIpc) is 3.03. The predicted octanol–water partition coefficient (Wildman–Crippen LogP) is 12.8. The van der Waals surface area contributed by atoms with Crippen molar-refractivity contribution in [3.05, 3.63) is 140 Å². The third-order valence-electron chi connectivity index (χ3n) is 12.0. The van der Waals surface area contributed by atoms with Crippen molar-refractivity contribution in [2.75, 3.05) is 0 Å². The van der Waals surface area contributed by atoms with Gasteiger partial charge in [-0.1, -0.05) is 0 Å². The van der Waals surface area contributed by atoms with Crippen LogP contribution in [0.3, 0.4) is 0 Å². The number of hydrogen-bond donors (Lipinski definition) is 0. The topological polar surface area (TPSA) is 0 Å². The molecule has 3 heteroatoms. The van der Waals surface area contributed by atoms with Crippen LogP contribution in [0.1, 0.15) is 66.8 Å². The van der Waals surface area contributed by atoms with Gasteiger partial charge in [-0.15, -0.1) is 0 Å². The molecule has 0 fully saturated rings. The molecule has 0 bridgehead atoms. The van der Waals surface area contributed by atoms with Crippen LogP contribution in [-0.4, -0.2) is 37.3 Å². The van der Waals surface area contributed by atoms with Crippen molar-refractivity contribution >= 4 is 54.8 Å². The number of hydrogen-bond acceptors (Lipinski definition) is 0. The van der Waals surface area contributed by atoms with Crippen LogP contribution in [0, 0.1) is 83.1 Å². The molecule has 0 N–H and O–H groups in total. The molecule has 294 valence electrons. The SMILES string of the molecule is Cc1cc(C)c(-c2cc([Si](C)(C)C)cc(-c3c(C)cc(C)cc3C)[c]2[Sn][c]2c(-c3c(C)cc(C)cc3C)cc([Si](C)(C)C)cc2-c2c(C)cc(C)cc2C)c(C)c1. The van der Waals surface area contributed by atoms with Gasteiger partial charge in [-0.05, 0) is 0 Å². The maximum absolute atomic E-state index is 2.66. The summed E-state index contributed by atoms with van der Waals surface area (Å²) in [7, 11) is -3.48. The van der Waals surface area contributed by atoms with Crippen LogP contribution in [0.15, 0.2) is 72.8 Å². The Labute approximate surface area is 358 Å². The van der Waals surface area contributed by atoms with Gasteiger partial charge in [0.1, 0.15) is 0 Å². The first-order valence-electron chi connectivity index (χ1n) is 20.9. The summed E-state index contributed by atoms with van der Waals surface area (Å²) in [5.41, 5.74) is 28.1. The molecule has 57 heavy (non-hydrogen) atoms. The van der Waals surface area contributed by atoms with E-state index in [0.717, 1.165) is 0 Å². The van der Waals surface area contributed by atoms with Crippen LogP contribution in [0.25, 0.3) is 44.5 Å². The van der Waals surface area contributed by atoms with E-state index in [2.05, 4.69) is 195 Å². The van der Waals surface area contributed by atoms with Crippen LogP contribution in [0.2, 0.25) is 39.3 Å². The first-order chi connectivity index (χ1) is 26.5. The molecule has 6 aromatic rings. The second kappa shape index (κ2) is 16.0. The molecule has 0 aliphatic rings. The van der Waals surface area contributed by atoms with Crippen LogP contribution in [0.4, 0.5) is 0 Å². The van der Waals surface area contributed by atoms with Gasteiger partial charge < -0.3 is 0 Å². The summed E-state index contributed by atoms with van der Waals surface area (Å²) in [4.78, 5) is 0. The van der Waals surface area contributed by atoms with E-state index in [9.17, 15) is 0 Å². The Morgan fingerprint density at radius 2 is 0.456 bits per heavy atom. The fraction of sp³-hybridized carbons (Fsp3) is 0.333. The summed E-state index contributed by atoms with van der Waals surface area (Å²) in [6.07, 6.45) is 0. The van der Waals surface area contributed by atoms with Crippen LogP contribution in [-0.2, 0) is 0 Å². The van der Waals surface area contributed by atoms with Crippen molar-refractivity contribution in [2.45, 2.75) is 122 Å². The monoisotopic (exact) mass is 890 g/mol. The Bertz CT molecular complexity index is 2140. The Morgan fingerprint density at radius 1 is 0.281 bits per heavy atom. The van der Waals surface area contributed by atoms with E-state index < -0.39 is 37.3 Å². The summed E-state index contributed by atoms with van der Waals surface area (Å²) in [6.45, 7) is 43.0. The molecule has 0 unspecified atom stereocenters. The molecule has 0 nitrogen and oxygen atoms in total. The fourth-order valence-electron chi connectivity index (χ4n) is 9.75. The Kier molecular flexibility index (Phi) is 12.1. The second-order valence-corrected chi connectivity index (χ2v) is 33.3. The van der Waals surface area contributed by atoms with E-state index >= 15 is 0 Å². The van der Waals surface area contributed by atoms with Crippen LogP contribution < -0.4 is 17.5 Å². The summed E-state index contributed by atoms with van der Waals surface area (Å²) < 4.78 is 3.22. The molecule has 0 aliphatic carbocycles. The van der Waals surface area contributed by atoms with E-state index in [-0.39, 0.29) is 0 Å². The van der Waals surface area contributed by atoms with Crippen molar-refractivity contribution in [1.29, 1.82) is 0 Å². The molecule has 6 aromatic carbocycles. The third-order valence-corrected chi connectivity index (χ3v) is 20.6. The number of benzene rings is 6. The molecular weight excluding hydrogens is 823 g/mol. The van der Waals surface area contributed by atoms with Crippen molar-refractivity contribution in [2.24, 2.45) is 0 Å². The van der Waals surface area contributed by atoms with Gasteiger partial charge in [0, 0.05) is 0 Å². The molecule has 0 aromatic heterocycles. The van der Waals surface area contributed by atoms with Gasteiger partial charge in [-0.3, -0.25) is 0 Å². The van der Waals surface area contributed by atoms with Crippen molar-refractivity contribution in [1.82, 2.24) is 0 Å². The van der Waals surface area contributed by atoms with Crippen molar-refractivity contribution in [3.8, 4) is 44.5 Å². The fourth-order valence-corrected chi connectivity index (χ4v) is 16.6. The van der Waals surface area contributed by atoms with E-state index in [4.69, 9.17) is 0 Å². The number of aryl methyl sites for hydroxylation is 12. The maximum atomic E-state index is 2.66. The van der Waals surface area contributed by atoms with Crippen molar-refractivity contribution in [3.63, 3.8) is 0 Å². The minimum atomic E-state index is -1.74. The molecule has 6 rings (SSSR count). The van der Waals surface area contributed by atoms with Gasteiger partial charge in [0.15, 0.2) is 0 Å². The van der Waals surface area contributed by atoms with Gasteiger partial charge in [-0.25, -0.2) is 0 Å². The number of rotatable bonds is 8. The first-order valence-corrected chi connectivity index (χ1v) is 30.8. The van der Waals surface area contributed by atoms with Gasteiger partial charge in [0.2, 0.25) is 0 Å². The third kappa shape index (κ3) is 8.66. The molecule has 0 spiro atoms. The van der Waals surface area contributed by atoms with Gasteiger partial charge in [-0.2, -0.15) is 0 Å². The van der Waals surface area contributed by atoms with Gasteiger partial charge >= 0.3 is 361 Å². The first kappa shape index (κ1) is 43.1. The predicted molar refractivity (Wildman–Crippen MR) is 262 cm³/mol. The Balaban J connectivity index is 1.89. The normalized spacial score (nSPS) is 12.1. The van der Waals surface area contributed by atoms with Crippen LogP contribution >= 0.6 is 0 Å². The van der Waals surface area contributed by atoms with E-state index in [0.29, 0.717) is 0 Å². The summed E-state index contributed by atoms with van der Waals surface area (Å²) in [6, 6.07) is 30.0. The average molecular weight is 890 g/mol. The zero-order valence-corrected chi connectivity index (χ0v) is 43.3. The van der Waals surface area contributed by atoms with E-state index in [1.54, 1.807) is 17.5 Å².